The summed E-state index contributed by atoms with van der Waals surface area (Å²) in [6, 6.07) is 6.93. The van der Waals surface area contributed by atoms with Crippen LogP contribution < -0.4 is 20.5 Å². The number of benzene rings is 2. The van der Waals surface area contributed by atoms with Gasteiger partial charge in [-0.15, -0.1) is 0 Å². The lowest BCUT2D eigenvalue weighted by atomic mass is 9.92. The van der Waals surface area contributed by atoms with E-state index in [0.717, 1.165) is 0 Å². The molecule has 0 aliphatic rings. The van der Waals surface area contributed by atoms with Crippen molar-refractivity contribution in [3.8, 4) is 11.5 Å². The Morgan fingerprint density at radius 1 is 1.02 bits per heavy atom. The minimum absolute atomic E-state index is 0.0456. The van der Waals surface area contributed by atoms with Crippen LogP contribution in [-0.2, 0) is 6.54 Å². The van der Waals surface area contributed by atoms with Crippen molar-refractivity contribution in [1.82, 2.24) is 9.97 Å². The van der Waals surface area contributed by atoms with Crippen molar-refractivity contribution in [1.29, 1.82) is 0 Å². The maximum atomic E-state index is 13.3. The Morgan fingerprint density at radius 2 is 1.72 bits per heavy atom. The minimum atomic E-state index is -1.11. The molecule has 2 heterocycles. The molecule has 0 amide bonds. The largest absolute Gasteiger partial charge is 0.493 e. The molecule has 226 valence electrons. The van der Waals surface area contributed by atoms with E-state index in [9.17, 15) is 19.5 Å². The fourth-order valence-corrected chi connectivity index (χ4v) is 4.75. The predicted molar refractivity (Wildman–Crippen MR) is 161 cm³/mol. The molecule has 4 rings (SSSR count). The molecular weight excluding hydrogens is 576 g/mol. The number of nitrogens with two attached hydrogens (primary N) is 1. The predicted octanol–water partition coefficient (Wildman–Crippen LogP) is 5.93. The Hall–Kier alpha value is -4.48. The Morgan fingerprint density at radius 3 is 2.33 bits per heavy atom. The molecule has 12 heteroatoms. The van der Waals surface area contributed by atoms with E-state index in [1.54, 1.807) is 39.8 Å². The van der Waals surface area contributed by atoms with Gasteiger partial charge in [0.15, 0.2) is 22.9 Å². The number of furan rings is 1. The number of nitrogens with one attached hydrogen (secondary N) is 1. The number of carbonyl (C=O) groups excluding carboxylic acids is 2. The van der Waals surface area contributed by atoms with Gasteiger partial charge in [0.25, 0.3) is 0 Å². The Bertz CT molecular complexity index is 1710. The van der Waals surface area contributed by atoms with E-state index in [0.29, 0.717) is 50.1 Å². The van der Waals surface area contributed by atoms with Crippen LogP contribution in [0.25, 0.3) is 11.0 Å². The number of halogens is 1. The second-order valence-corrected chi connectivity index (χ2v) is 11.0. The van der Waals surface area contributed by atoms with Crippen LogP contribution >= 0.6 is 11.6 Å². The lowest BCUT2D eigenvalue weighted by molar-refractivity contribution is 0.0697. The third kappa shape index (κ3) is 6.32. The summed E-state index contributed by atoms with van der Waals surface area (Å²) >= 11 is 6.10. The maximum Gasteiger partial charge on any atom is 0.337 e. The second-order valence-electron chi connectivity index (χ2n) is 10.5. The third-order valence-corrected chi connectivity index (χ3v) is 7.12. The van der Waals surface area contributed by atoms with Gasteiger partial charge in [-0.3, -0.25) is 9.59 Å². The number of aromatic nitrogens is 2. The Balaban J connectivity index is 1.84. The summed E-state index contributed by atoms with van der Waals surface area (Å²) in [4.78, 5) is 46.3. The summed E-state index contributed by atoms with van der Waals surface area (Å²) in [5.74, 6) is -1.42. The first-order chi connectivity index (χ1) is 20.4. The number of carboxylic acids is 1. The van der Waals surface area contributed by atoms with Gasteiger partial charge in [-0.05, 0) is 35.9 Å². The quantitative estimate of drug-likeness (QED) is 0.163. The number of aromatic carboxylic acids is 1. The Labute approximate surface area is 253 Å². The van der Waals surface area contributed by atoms with E-state index >= 15 is 0 Å². The number of carbonyl (C=O) groups is 3. The lowest BCUT2D eigenvalue weighted by Gasteiger charge is -2.19. The number of ether oxygens (including phenoxy) is 2. The molecule has 0 spiro atoms. The van der Waals surface area contributed by atoms with Gasteiger partial charge in [0, 0.05) is 34.0 Å². The number of ketones is 2. The zero-order valence-corrected chi connectivity index (χ0v) is 25.4. The molecule has 0 aliphatic carbocycles. The van der Waals surface area contributed by atoms with Crippen molar-refractivity contribution in [3.63, 3.8) is 0 Å². The summed E-state index contributed by atoms with van der Waals surface area (Å²) in [5.41, 5.74) is 8.43. The summed E-state index contributed by atoms with van der Waals surface area (Å²) in [6.07, 6.45) is 1.42. The topological polar surface area (TPSA) is 167 Å². The second kappa shape index (κ2) is 12.8. The smallest absolute Gasteiger partial charge is 0.337 e. The molecule has 4 aromatic rings. The molecule has 2 aromatic carbocycles. The molecule has 11 nitrogen and oxygen atoms in total. The first kappa shape index (κ1) is 31.5. The van der Waals surface area contributed by atoms with Crippen LogP contribution in [0.4, 0.5) is 5.69 Å². The van der Waals surface area contributed by atoms with Gasteiger partial charge in [-0.1, -0.05) is 39.3 Å². The number of rotatable bonds is 12. The normalized spacial score (nSPS) is 12.0. The highest BCUT2D eigenvalue weighted by Gasteiger charge is 2.28. The van der Waals surface area contributed by atoms with Crippen LogP contribution in [0.2, 0.25) is 5.02 Å². The number of hydrogen-bond donors (Lipinski definition) is 3. The molecule has 0 aliphatic heterocycles. The summed E-state index contributed by atoms with van der Waals surface area (Å²) in [7, 11) is 2.94. The van der Waals surface area contributed by atoms with Gasteiger partial charge in [-0.25, -0.2) is 14.8 Å². The summed E-state index contributed by atoms with van der Waals surface area (Å²) < 4.78 is 17.3. The van der Waals surface area contributed by atoms with Gasteiger partial charge in [0.05, 0.1) is 38.1 Å². The number of methoxy groups -OCH3 is 2. The first-order valence-corrected chi connectivity index (χ1v) is 13.9. The highest BCUT2D eigenvalue weighted by Crippen LogP contribution is 2.43. The molecule has 0 fully saturated rings. The zero-order valence-electron chi connectivity index (χ0n) is 24.6. The number of hydrogen-bond acceptors (Lipinski definition) is 10. The molecule has 0 saturated carbocycles. The van der Waals surface area contributed by atoms with Crippen LogP contribution in [0.3, 0.4) is 0 Å². The standard InChI is InChI=1S/C31H33ClN4O7/c1-14(2)26(37)25-21(13-35-30(36-25)27(38)15(3)4)24(33)19-11-23(41-5)29(42-6)28-20(19)10-17(43-28)12-34-22-9-16(32)7-8-18(22)31(39)40/h7-11,13-15,24,34H,12,33H2,1-6H3,(H,39,40). The molecular formula is C31H33ClN4O7. The van der Waals surface area contributed by atoms with Crippen molar-refractivity contribution in [3.05, 3.63) is 75.5 Å². The fraction of sp³-hybridized carbons (Fsp3) is 0.323. The van der Waals surface area contributed by atoms with Crippen LogP contribution in [0.5, 0.6) is 11.5 Å². The van der Waals surface area contributed by atoms with Gasteiger partial charge in [0.1, 0.15) is 11.5 Å². The maximum absolute atomic E-state index is 13.3. The van der Waals surface area contributed by atoms with E-state index in [1.807, 2.05) is 0 Å². The molecule has 2 aromatic heterocycles. The van der Waals surface area contributed by atoms with Crippen molar-refractivity contribution < 1.29 is 33.4 Å². The number of fused-ring (bicyclic) bond motifs is 1. The van der Waals surface area contributed by atoms with Crippen LogP contribution in [0.1, 0.15) is 82.1 Å². The summed E-state index contributed by atoms with van der Waals surface area (Å²) in [6.45, 7) is 7.04. The summed E-state index contributed by atoms with van der Waals surface area (Å²) in [5, 5.41) is 13.6. The monoisotopic (exact) mass is 608 g/mol. The SMILES string of the molecule is COc1cc(C(N)c2cnc(C(=O)C(C)C)nc2C(=O)C(C)C)c2cc(CNc3cc(Cl)ccc3C(=O)O)oc2c1OC. The molecule has 1 unspecified atom stereocenters. The average molecular weight is 609 g/mol. The van der Waals surface area contributed by atoms with E-state index in [-0.39, 0.29) is 41.1 Å². The van der Waals surface area contributed by atoms with Crippen molar-refractivity contribution in [2.45, 2.75) is 40.3 Å². The molecule has 1 atom stereocenters. The average Bonchev–Trinajstić information content (AvgIpc) is 3.41. The van der Waals surface area contributed by atoms with E-state index in [1.165, 1.54) is 38.6 Å². The molecule has 0 bridgehead atoms. The van der Waals surface area contributed by atoms with E-state index in [4.69, 9.17) is 31.2 Å². The van der Waals surface area contributed by atoms with Gasteiger partial charge >= 0.3 is 5.97 Å². The molecule has 43 heavy (non-hydrogen) atoms. The first-order valence-electron chi connectivity index (χ1n) is 13.5. The van der Waals surface area contributed by atoms with Crippen LogP contribution in [0.15, 0.2) is 40.9 Å². The molecule has 0 saturated heterocycles. The van der Waals surface area contributed by atoms with Crippen LogP contribution in [0, 0.1) is 11.8 Å². The minimum Gasteiger partial charge on any atom is -0.493 e. The zero-order chi connectivity index (χ0) is 31.6. The van der Waals surface area contributed by atoms with E-state index in [2.05, 4.69) is 15.3 Å². The van der Waals surface area contributed by atoms with Gasteiger partial charge in [-0.2, -0.15) is 0 Å². The number of carboxylic acid groups (broad SMARTS) is 1. The van der Waals surface area contributed by atoms with Gasteiger partial charge < -0.3 is 30.0 Å². The van der Waals surface area contributed by atoms with Gasteiger partial charge in [0.2, 0.25) is 11.5 Å². The lowest BCUT2D eigenvalue weighted by Crippen LogP contribution is -2.23. The number of anilines is 1. The highest BCUT2D eigenvalue weighted by molar-refractivity contribution is 6.31. The van der Waals surface area contributed by atoms with E-state index < -0.39 is 17.9 Å². The molecule has 0 radical (unpaired) electrons. The van der Waals surface area contributed by atoms with Crippen molar-refractivity contribution in [2.24, 2.45) is 17.6 Å². The van der Waals surface area contributed by atoms with Crippen LogP contribution in [-0.4, -0.2) is 46.8 Å². The molecule has 4 N–H and O–H groups in total. The fourth-order valence-electron chi connectivity index (χ4n) is 4.58. The Kier molecular flexibility index (Phi) is 9.37. The number of nitrogens with zero attached hydrogens (tertiary/aromatic N) is 2. The highest BCUT2D eigenvalue weighted by atomic mass is 35.5. The van der Waals surface area contributed by atoms with Crippen molar-refractivity contribution >= 4 is 45.8 Å². The van der Waals surface area contributed by atoms with Crippen molar-refractivity contribution in [2.75, 3.05) is 19.5 Å². The number of Topliss-reactive ketones (excluding diaryl/α,β-unsaturated/α-hetero) is 2. The third-order valence-electron chi connectivity index (χ3n) is 6.89.